The lowest BCUT2D eigenvalue weighted by molar-refractivity contribution is 0.427. The molecule has 1 aliphatic rings. The summed E-state index contributed by atoms with van der Waals surface area (Å²) in [5, 5.41) is 0. The number of nitrogens with one attached hydrogen (secondary N) is 1. The van der Waals surface area contributed by atoms with E-state index >= 15 is 0 Å². The van der Waals surface area contributed by atoms with Gasteiger partial charge in [-0.3, -0.25) is 0 Å². The Balaban J connectivity index is 1.84. The van der Waals surface area contributed by atoms with Gasteiger partial charge in [-0.2, -0.15) is 0 Å². The minimum absolute atomic E-state index is 0.365. The van der Waals surface area contributed by atoms with E-state index in [2.05, 4.69) is 4.72 Å². The van der Waals surface area contributed by atoms with Crippen molar-refractivity contribution in [1.29, 1.82) is 0 Å². The molecule has 1 aliphatic carbocycles. The Morgan fingerprint density at radius 3 is 2.25 bits per heavy atom. The van der Waals surface area contributed by atoms with E-state index in [-0.39, 0.29) is 0 Å². The van der Waals surface area contributed by atoms with Gasteiger partial charge in [-0.1, -0.05) is 56.2 Å². The molecule has 0 radical (unpaired) electrons. The Morgan fingerprint density at radius 2 is 1.65 bits per heavy atom. The molecule has 1 saturated carbocycles. The summed E-state index contributed by atoms with van der Waals surface area (Å²) in [6.07, 6.45) is 8.76. The molecule has 0 spiro atoms. The van der Waals surface area contributed by atoms with E-state index in [1.165, 1.54) is 38.5 Å². The SMILES string of the molecule is Cc1ccc(S(=O)(=O)NCCC2CCCCCC2)cc1. The summed E-state index contributed by atoms with van der Waals surface area (Å²) in [6, 6.07) is 7.01. The summed E-state index contributed by atoms with van der Waals surface area (Å²) in [4.78, 5) is 0.365. The molecule has 0 aliphatic heterocycles. The normalized spacial score (nSPS) is 17.9. The molecule has 0 bridgehead atoms. The molecule has 4 heteroatoms. The van der Waals surface area contributed by atoms with Crippen LogP contribution in [0.15, 0.2) is 29.2 Å². The topological polar surface area (TPSA) is 46.2 Å². The van der Waals surface area contributed by atoms with Crippen LogP contribution in [0.4, 0.5) is 0 Å². The minimum atomic E-state index is -3.34. The van der Waals surface area contributed by atoms with Crippen molar-refractivity contribution in [2.75, 3.05) is 6.54 Å². The Hall–Kier alpha value is -0.870. The molecular formula is C16H25NO2S. The van der Waals surface area contributed by atoms with Crippen molar-refractivity contribution in [3.05, 3.63) is 29.8 Å². The van der Waals surface area contributed by atoms with Crippen molar-refractivity contribution in [2.24, 2.45) is 5.92 Å². The fourth-order valence-electron chi connectivity index (χ4n) is 2.85. The summed E-state index contributed by atoms with van der Waals surface area (Å²) < 4.78 is 27.0. The van der Waals surface area contributed by atoms with Gasteiger partial charge in [-0.05, 0) is 31.4 Å². The quantitative estimate of drug-likeness (QED) is 0.843. The predicted octanol–water partition coefficient (Wildman–Crippen LogP) is 3.63. The first kappa shape index (κ1) is 15.5. The van der Waals surface area contributed by atoms with E-state index in [0.29, 0.717) is 17.4 Å². The maximum Gasteiger partial charge on any atom is 0.240 e. The zero-order chi connectivity index (χ0) is 14.4. The van der Waals surface area contributed by atoms with Crippen LogP contribution in [-0.4, -0.2) is 15.0 Å². The molecule has 0 unspecified atom stereocenters. The number of sulfonamides is 1. The van der Waals surface area contributed by atoms with Crippen molar-refractivity contribution < 1.29 is 8.42 Å². The van der Waals surface area contributed by atoms with Gasteiger partial charge in [0, 0.05) is 6.54 Å². The standard InChI is InChI=1S/C16H25NO2S/c1-14-8-10-16(11-9-14)20(18,19)17-13-12-15-6-4-2-3-5-7-15/h8-11,15,17H,2-7,12-13H2,1H3. The number of benzene rings is 1. The van der Waals surface area contributed by atoms with Gasteiger partial charge in [0.2, 0.25) is 10.0 Å². The van der Waals surface area contributed by atoms with E-state index in [0.717, 1.165) is 12.0 Å². The Bertz CT molecular complexity index is 500. The van der Waals surface area contributed by atoms with E-state index in [9.17, 15) is 8.42 Å². The second kappa shape index (κ2) is 7.23. The zero-order valence-electron chi connectivity index (χ0n) is 12.3. The molecule has 1 aromatic carbocycles. The maximum absolute atomic E-state index is 12.1. The summed E-state index contributed by atoms with van der Waals surface area (Å²) in [6.45, 7) is 2.51. The van der Waals surface area contributed by atoms with Crippen LogP contribution in [0.2, 0.25) is 0 Å². The largest absolute Gasteiger partial charge is 0.240 e. The molecule has 0 saturated heterocycles. The molecule has 112 valence electrons. The summed E-state index contributed by atoms with van der Waals surface area (Å²) >= 11 is 0. The molecule has 1 aromatic rings. The van der Waals surface area contributed by atoms with Crippen LogP contribution >= 0.6 is 0 Å². The van der Waals surface area contributed by atoms with Gasteiger partial charge in [0.05, 0.1) is 4.90 Å². The lowest BCUT2D eigenvalue weighted by Gasteiger charge is -2.14. The van der Waals surface area contributed by atoms with Crippen LogP contribution in [0.5, 0.6) is 0 Å². The molecule has 0 amide bonds. The second-order valence-corrected chi connectivity index (χ2v) is 7.62. The summed E-state index contributed by atoms with van der Waals surface area (Å²) in [5.74, 6) is 0.693. The number of hydrogen-bond donors (Lipinski definition) is 1. The first-order chi connectivity index (χ1) is 9.58. The maximum atomic E-state index is 12.1. The van der Waals surface area contributed by atoms with Crippen LogP contribution < -0.4 is 4.72 Å². The van der Waals surface area contributed by atoms with Crippen molar-refractivity contribution >= 4 is 10.0 Å². The molecule has 0 atom stereocenters. The average Bonchev–Trinajstić information content (AvgIpc) is 2.68. The van der Waals surface area contributed by atoms with Gasteiger partial charge in [0.25, 0.3) is 0 Å². The lowest BCUT2D eigenvalue weighted by Crippen LogP contribution is -2.26. The molecule has 1 fully saturated rings. The number of aryl methyl sites for hydroxylation is 1. The van der Waals surface area contributed by atoms with Crippen molar-refractivity contribution in [3.8, 4) is 0 Å². The zero-order valence-corrected chi connectivity index (χ0v) is 13.1. The van der Waals surface area contributed by atoms with Crippen LogP contribution in [0.25, 0.3) is 0 Å². The lowest BCUT2D eigenvalue weighted by atomic mass is 9.97. The Labute approximate surface area is 122 Å². The van der Waals surface area contributed by atoms with Gasteiger partial charge >= 0.3 is 0 Å². The highest BCUT2D eigenvalue weighted by atomic mass is 32.2. The van der Waals surface area contributed by atoms with Crippen LogP contribution in [-0.2, 0) is 10.0 Å². The minimum Gasteiger partial charge on any atom is -0.211 e. The van der Waals surface area contributed by atoms with E-state index in [1.807, 2.05) is 19.1 Å². The third kappa shape index (κ3) is 4.60. The van der Waals surface area contributed by atoms with Crippen molar-refractivity contribution in [1.82, 2.24) is 4.72 Å². The number of rotatable bonds is 5. The highest BCUT2D eigenvalue weighted by molar-refractivity contribution is 7.89. The molecule has 1 N–H and O–H groups in total. The van der Waals surface area contributed by atoms with Gasteiger partial charge in [-0.25, -0.2) is 13.1 Å². The van der Waals surface area contributed by atoms with Crippen molar-refractivity contribution in [3.63, 3.8) is 0 Å². The van der Waals surface area contributed by atoms with Gasteiger partial charge in [0.1, 0.15) is 0 Å². The van der Waals surface area contributed by atoms with E-state index in [1.54, 1.807) is 12.1 Å². The monoisotopic (exact) mass is 295 g/mol. The van der Waals surface area contributed by atoms with Crippen LogP contribution in [0.3, 0.4) is 0 Å². The molecular weight excluding hydrogens is 270 g/mol. The third-order valence-electron chi connectivity index (χ3n) is 4.15. The summed E-state index contributed by atoms with van der Waals surface area (Å²) in [5.41, 5.74) is 1.07. The van der Waals surface area contributed by atoms with Crippen LogP contribution in [0.1, 0.15) is 50.5 Å². The second-order valence-electron chi connectivity index (χ2n) is 5.86. The van der Waals surface area contributed by atoms with Crippen molar-refractivity contribution in [2.45, 2.75) is 56.8 Å². The predicted molar refractivity (Wildman–Crippen MR) is 82.2 cm³/mol. The number of hydrogen-bond acceptors (Lipinski definition) is 2. The van der Waals surface area contributed by atoms with Gasteiger partial charge in [0.15, 0.2) is 0 Å². The average molecular weight is 295 g/mol. The Morgan fingerprint density at radius 1 is 1.05 bits per heavy atom. The molecule has 2 rings (SSSR count). The first-order valence-electron chi connectivity index (χ1n) is 7.64. The molecule has 3 nitrogen and oxygen atoms in total. The summed E-state index contributed by atoms with van der Waals surface area (Å²) in [7, 11) is -3.34. The molecule has 0 heterocycles. The molecule has 20 heavy (non-hydrogen) atoms. The van der Waals surface area contributed by atoms with Gasteiger partial charge in [-0.15, -0.1) is 0 Å². The van der Waals surface area contributed by atoms with E-state index in [4.69, 9.17) is 0 Å². The highest BCUT2D eigenvalue weighted by Crippen LogP contribution is 2.25. The smallest absolute Gasteiger partial charge is 0.211 e. The fraction of sp³-hybridized carbons (Fsp3) is 0.625. The van der Waals surface area contributed by atoms with Gasteiger partial charge < -0.3 is 0 Å². The third-order valence-corrected chi connectivity index (χ3v) is 5.63. The molecule has 0 aromatic heterocycles. The fourth-order valence-corrected chi connectivity index (χ4v) is 3.90. The highest BCUT2D eigenvalue weighted by Gasteiger charge is 2.16. The van der Waals surface area contributed by atoms with E-state index < -0.39 is 10.0 Å². The van der Waals surface area contributed by atoms with Crippen LogP contribution in [0, 0.1) is 12.8 Å². The Kier molecular flexibility index (Phi) is 5.61. The first-order valence-corrected chi connectivity index (χ1v) is 9.12.